The minimum Gasteiger partial charge on any atom is -0.480 e. The summed E-state index contributed by atoms with van der Waals surface area (Å²) < 4.78 is 0. The molecular formula is C16H31N5O6S. The number of rotatable bonds is 13. The Morgan fingerprint density at radius 1 is 1.00 bits per heavy atom. The lowest BCUT2D eigenvalue weighted by Gasteiger charge is -2.26. The first-order chi connectivity index (χ1) is 13.0. The van der Waals surface area contributed by atoms with E-state index in [9.17, 15) is 24.3 Å². The van der Waals surface area contributed by atoms with Crippen LogP contribution in [0, 0.1) is 0 Å². The van der Waals surface area contributed by atoms with E-state index < -0.39 is 54.0 Å². The summed E-state index contributed by atoms with van der Waals surface area (Å²) in [5.41, 5.74) is 11.0. The monoisotopic (exact) mass is 421 g/mol. The molecule has 0 rings (SSSR count). The SMILES string of the molecule is CC(NC(=O)C(NC(=O)C(CCCCN)NC(=O)C(N)CS)C(C)O)C(=O)O. The van der Waals surface area contributed by atoms with Crippen molar-refractivity contribution in [3.05, 3.63) is 0 Å². The molecule has 0 aliphatic heterocycles. The molecule has 0 aromatic rings. The third-order valence-electron chi connectivity index (χ3n) is 3.91. The van der Waals surface area contributed by atoms with Crippen molar-refractivity contribution in [3.63, 3.8) is 0 Å². The van der Waals surface area contributed by atoms with Crippen LogP contribution in [0.4, 0.5) is 0 Å². The second-order valence-electron chi connectivity index (χ2n) is 6.43. The molecule has 0 heterocycles. The summed E-state index contributed by atoms with van der Waals surface area (Å²) in [6.07, 6.45) is 0.0970. The number of hydrogen-bond acceptors (Lipinski definition) is 8. The first-order valence-electron chi connectivity index (χ1n) is 8.93. The molecule has 0 saturated carbocycles. The second-order valence-corrected chi connectivity index (χ2v) is 6.80. The van der Waals surface area contributed by atoms with Gasteiger partial charge in [0.1, 0.15) is 18.1 Å². The fourth-order valence-corrected chi connectivity index (χ4v) is 2.31. The van der Waals surface area contributed by atoms with Crippen molar-refractivity contribution in [3.8, 4) is 0 Å². The molecule has 5 unspecified atom stereocenters. The minimum atomic E-state index is -1.40. The van der Waals surface area contributed by atoms with Crippen molar-refractivity contribution >= 4 is 36.3 Å². The van der Waals surface area contributed by atoms with Gasteiger partial charge in [0.25, 0.3) is 0 Å². The molecule has 0 spiro atoms. The van der Waals surface area contributed by atoms with Gasteiger partial charge in [-0.1, -0.05) is 0 Å². The highest BCUT2D eigenvalue weighted by Crippen LogP contribution is 2.04. The van der Waals surface area contributed by atoms with E-state index >= 15 is 0 Å². The van der Waals surface area contributed by atoms with Crippen LogP contribution in [0.1, 0.15) is 33.1 Å². The molecule has 0 saturated heterocycles. The molecule has 9 N–H and O–H groups in total. The van der Waals surface area contributed by atoms with Gasteiger partial charge in [-0.25, -0.2) is 0 Å². The summed E-state index contributed by atoms with van der Waals surface area (Å²) in [6.45, 7) is 2.93. The average Bonchev–Trinajstić information content (AvgIpc) is 2.63. The van der Waals surface area contributed by atoms with Crippen LogP contribution < -0.4 is 27.4 Å². The number of carboxylic acids is 1. The number of thiol groups is 1. The molecule has 5 atom stereocenters. The number of aliphatic carboxylic acids is 1. The van der Waals surface area contributed by atoms with Gasteiger partial charge in [-0.2, -0.15) is 12.6 Å². The summed E-state index contributed by atoms with van der Waals surface area (Å²) in [6, 6.07) is -4.53. The Morgan fingerprint density at radius 3 is 2.07 bits per heavy atom. The zero-order valence-corrected chi connectivity index (χ0v) is 16.9. The van der Waals surface area contributed by atoms with Crippen molar-refractivity contribution < 1.29 is 29.4 Å². The number of amides is 3. The highest BCUT2D eigenvalue weighted by molar-refractivity contribution is 7.80. The van der Waals surface area contributed by atoms with Crippen molar-refractivity contribution in [2.75, 3.05) is 12.3 Å². The number of nitrogens with one attached hydrogen (secondary N) is 3. The van der Waals surface area contributed by atoms with Crippen molar-refractivity contribution in [2.24, 2.45) is 11.5 Å². The quantitative estimate of drug-likeness (QED) is 0.116. The highest BCUT2D eigenvalue weighted by Gasteiger charge is 2.31. The molecule has 11 nitrogen and oxygen atoms in total. The van der Waals surface area contributed by atoms with Crippen molar-refractivity contribution in [1.29, 1.82) is 0 Å². The molecule has 0 aliphatic rings. The normalized spacial score (nSPS) is 16.2. The van der Waals surface area contributed by atoms with E-state index in [2.05, 4.69) is 28.6 Å². The second kappa shape index (κ2) is 13.3. The van der Waals surface area contributed by atoms with Gasteiger partial charge in [0.2, 0.25) is 17.7 Å². The van der Waals surface area contributed by atoms with Gasteiger partial charge < -0.3 is 37.6 Å². The first kappa shape index (κ1) is 26.1. The lowest BCUT2D eigenvalue weighted by atomic mass is 10.1. The molecule has 0 aliphatic carbocycles. The molecule has 0 aromatic heterocycles. The molecule has 3 amide bonds. The Hall–Kier alpha value is -1.89. The van der Waals surface area contributed by atoms with Crippen LogP contribution in [0.3, 0.4) is 0 Å². The van der Waals surface area contributed by atoms with Crippen LogP contribution in [-0.4, -0.2) is 76.5 Å². The molecule has 0 fully saturated rings. The van der Waals surface area contributed by atoms with E-state index in [1.807, 2.05) is 0 Å². The smallest absolute Gasteiger partial charge is 0.325 e. The molecule has 28 heavy (non-hydrogen) atoms. The maximum Gasteiger partial charge on any atom is 0.325 e. The Balaban J connectivity index is 5.20. The molecule has 0 radical (unpaired) electrons. The van der Waals surface area contributed by atoms with E-state index in [1.54, 1.807) is 0 Å². The minimum absolute atomic E-state index is 0.0781. The third-order valence-corrected chi connectivity index (χ3v) is 4.30. The molecule has 0 aromatic carbocycles. The summed E-state index contributed by atoms with van der Waals surface area (Å²) in [5.74, 6) is -3.34. The van der Waals surface area contributed by atoms with Crippen LogP contribution in [0.5, 0.6) is 0 Å². The zero-order valence-electron chi connectivity index (χ0n) is 16.1. The van der Waals surface area contributed by atoms with Crippen LogP contribution in [0.25, 0.3) is 0 Å². The third kappa shape index (κ3) is 9.35. The number of carboxylic acid groups (broad SMARTS) is 1. The Morgan fingerprint density at radius 2 is 1.61 bits per heavy atom. The van der Waals surface area contributed by atoms with E-state index in [4.69, 9.17) is 16.6 Å². The van der Waals surface area contributed by atoms with E-state index in [0.29, 0.717) is 19.4 Å². The van der Waals surface area contributed by atoms with Gasteiger partial charge in [0.05, 0.1) is 12.1 Å². The van der Waals surface area contributed by atoms with Crippen LogP contribution in [0.15, 0.2) is 0 Å². The number of unbranched alkanes of at least 4 members (excludes halogenated alkanes) is 1. The predicted molar refractivity (Wildman–Crippen MR) is 106 cm³/mol. The lowest BCUT2D eigenvalue weighted by molar-refractivity contribution is -0.142. The Kier molecular flexibility index (Phi) is 12.4. The molecular weight excluding hydrogens is 390 g/mol. The summed E-state index contributed by atoms with van der Waals surface area (Å²) in [7, 11) is 0. The first-order valence-corrected chi connectivity index (χ1v) is 9.56. The standard InChI is InChI=1S/C16H31N5O6S/c1-8(16(26)27)19-15(25)12(9(2)22)21-14(24)11(5-3-4-6-17)20-13(23)10(18)7-28/h8-12,22,28H,3-7,17-18H2,1-2H3,(H,19,25)(H,20,23)(H,21,24)(H,26,27). The zero-order chi connectivity index (χ0) is 21.9. The predicted octanol–water partition coefficient (Wildman–Crippen LogP) is -2.69. The average molecular weight is 422 g/mol. The fraction of sp³-hybridized carbons (Fsp3) is 0.750. The topological polar surface area (TPSA) is 197 Å². The summed E-state index contributed by atoms with van der Waals surface area (Å²) in [5, 5.41) is 25.7. The number of carbonyl (C=O) groups excluding carboxylic acids is 3. The number of hydrogen-bond donors (Lipinski definition) is 8. The maximum atomic E-state index is 12.6. The van der Waals surface area contributed by atoms with E-state index in [1.165, 1.54) is 13.8 Å². The van der Waals surface area contributed by atoms with E-state index in [-0.39, 0.29) is 12.2 Å². The van der Waals surface area contributed by atoms with Crippen molar-refractivity contribution in [1.82, 2.24) is 16.0 Å². The Labute approximate surface area is 169 Å². The summed E-state index contributed by atoms with van der Waals surface area (Å²) >= 11 is 3.94. The van der Waals surface area contributed by atoms with Gasteiger partial charge in [-0.3, -0.25) is 19.2 Å². The van der Waals surface area contributed by atoms with Crippen molar-refractivity contribution in [2.45, 2.75) is 63.4 Å². The molecule has 0 bridgehead atoms. The van der Waals surface area contributed by atoms with Gasteiger partial charge >= 0.3 is 5.97 Å². The fourth-order valence-electron chi connectivity index (χ4n) is 2.15. The number of nitrogens with two attached hydrogens (primary N) is 2. The largest absolute Gasteiger partial charge is 0.480 e. The summed E-state index contributed by atoms with van der Waals surface area (Å²) in [4.78, 5) is 47.7. The van der Waals surface area contributed by atoms with Crippen LogP contribution in [-0.2, 0) is 19.2 Å². The van der Waals surface area contributed by atoms with Crippen LogP contribution in [0.2, 0.25) is 0 Å². The molecule has 12 heteroatoms. The lowest BCUT2D eigenvalue weighted by Crippen LogP contribution is -2.59. The highest BCUT2D eigenvalue weighted by atomic mass is 32.1. The molecule has 162 valence electrons. The van der Waals surface area contributed by atoms with Gasteiger partial charge in [0.15, 0.2) is 0 Å². The Bertz CT molecular complexity index is 548. The maximum absolute atomic E-state index is 12.6. The number of aliphatic hydroxyl groups excluding tert-OH is 1. The number of carbonyl (C=O) groups is 4. The number of aliphatic hydroxyl groups is 1. The van der Waals surface area contributed by atoms with Crippen LogP contribution >= 0.6 is 12.6 Å². The van der Waals surface area contributed by atoms with Gasteiger partial charge in [-0.05, 0) is 39.7 Å². The van der Waals surface area contributed by atoms with Gasteiger partial charge in [-0.15, -0.1) is 0 Å². The van der Waals surface area contributed by atoms with E-state index in [0.717, 1.165) is 0 Å². The van der Waals surface area contributed by atoms with Gasteiger partial charge in [0, 0.05) is 5.75 Å².